The van der Waals surface area contributed by atoms with Gasteiger partial charge in [-0.2, -0.15) is 0 Å². The molecule has 0 aromatic heterocycles. The van der Waals surface area contributed by atoms with Gasteiger partial charge < -0.3 is 0 Å². The van der Waals surface area contributed by atoms with Crippen LogP contribution >= 0.6 is 0 Å². The predicted octanol–water partition coefficient (Wildman–Crippen LogP) is 6.74. The van der Waals surface area contributed by atoms with Crippen LogP contribution in [-0.2, 0) is 9.59 Å². The van der Waals surface area contributed by atoms with E-state index in [1.54, 1.807) is 0 Å². The van der Waals surface area contributed by atoms with Crippen LogP contribution in [0.3, 0.4) is 0 Å². The monoisotopic (exact) mass is 480 g/mol. The van der Waals surface area contributed by atoms with Gasteiger partial charge in [-0.15, -0.1) is 0 Å². The molecule has 4 heteroatoms. The normalized spacial score (nSPS) is 54.3. The maximum absolute atomic E-state index is 14.7. The fraction of sp³-hybridized carbons (Fsp3) is 0.935. The topological polar surface area (TPSA) is 40.6 Å². The van der Waals surface area contributed by atoms with Gasteiger partial charge in [-0.05, 0) is 130 Å². The second-order valence-corrected chi connectivity index (χ2v) is 16.7. The van der Waals surface area contributed by atoms with Gasteiger partial charge in [0, 0.05) is 13.1 Å². The minimum Gasteiger partial charge on any atom is -0.272 e. The van der Waals surface area contributed by atoms with Gasteiger partial charge >= 0.3 is 0 Å². The Hall–Kier alpha value is -1.06. The molecule has 0 aromatic carbocycles. The van der Waals surface area contributed by atoms with Gasteiger partial charge in [-0.25, -0.2) is 0 Å². The van der Waals surface area contributed by atoms with E-state index in [-0.39, 0.29) is 10.8 Å². The van der Waals surface area contributed by atoms with Crippen LogP contribution in [0.15, 0.2) is 0 Å². The molecule has 9 rings (SSSR count). The minimum absolute atomic E-state index is 0.231. The van der Waals surface area contributed by atoms with Gasteiger partial charge in [-0.1, -0.05) is 27.7 Å². The number of rotatable bonds is 2. The van der Waals surface area contributed by atoms with Crippen molar-refractivity contribution in [3.05, 3.63) is 0 Å². The lowest BCUT2D eigenvalue weighted by atomic mass is 9.40. The molecule has 0 aromatic rings. The maximum atomic E-state index is 14.7. The lowest BCUT2D eigenvalue weighted by Gasteiger charge is -2.66. The highest BCUT2D eigenvalue weighted by Crippen LogP contribution is 2.71. The summed E-state index contributed by atoms with van der Waals surface area (Å²) in [4.78, 5) is 29.4. The van der Waals surface area contributed by atoms with Crippen LogP contribution in [0.2, 0.25) is 0 Å². The number of hydrazine groups is 1. The van der Waals surface area contributed by atoms with Crippen molar-refractivity contribution in [2.45, 2.75) is 124 Å². The molecule has 9 fully saturated rings. The minimum atomic E-state index is -0.231. The van der Waals surface area contributed by atoms with Gasteiger partial charge in [0.15, 0.2) is 0 Å². The van der Waals surface area contributed by atoms with Crippen molar-refractivity contribution in [2.75, 3.05) is 13.1 Å². The van der Waals surface area contributed by atoms with E-state index in [1.807, 2.05) is 0 Å². The van der Waals surface area contributed by atoms with Gasteiger partial charge in [-0.3, -0.25) is 19.6 Å². The quantitative estimate of drug-likeness (QED) is 0.439. The van der Waals surface area contributed by atoms with E-state index < -0.39 is 0 Å². The first kappa shape index (κ1) is 23.1. The summed E-state index contributed by atoms with van der Waals surface area (Å²) in [6.45, 7) is 11.3. The van der Waals surface area contributed by atoms with Crippen molar-refractivity contribution < 1.29 is 9.59 Å². The molecule has 0 N–H and O–H groups in total. The molecule has 194 valence electrons. The van der Waals surface area contributed by atoms with Gasteiger partial charge in [0.25, 0.3) is 0 Å². The summed E-state index contributed by atoms with van der Waals surface area (Å²) in [5, 5.41) is 4.11. The number of amides is 2. The highest BCUT2D eigenvalue weighted by atomic mass is 16.2. The Bertz CT molecular complexity index is 859. The molecule has 4 atom stereocenters. The highest BCUT2D eigenvalue weighted by molar-refractivity contribution is 5.89. The number of carbonyl (C=O) groups is 2. The molecule has 35 heavy (non-hydrogen) atoms. The summed E-state index contributed by atoms with van der Waals surface area (Å²) in [5.41, 5.74) is 0.791. The van der Waals surface area contributed by atoms with Crippen molar-refractivity contribution >= 4 is 11.8 Å². The highest BCUT2D eigenvalue weighted by Gasteiger charge is 2.66. The molecular weight excluding hydrogens is 432 g/mol. The summed E-state index contributed by atoms with van der Waals surface area (Å²) in [6.07, 6.45) is 17.3. The van der Waals surface area contributed by atoms with Crippen molar-refractivity contribution in [2.24, 2.45) is 44.3 Å². The molecule has 2 amide bonds. The lowest BCUT2D eigenvalue weighted by Crippen LogP contribution is -2.66. The van der Waals surface area contributed by atoms with Crippen molar-refractivity contribution in [3.63, 3.8) is 0 Å². The second-order valence-electron chi connectivity index (χ2n) is 16.7. The molecule has 8 bridgehead atoms. The molecule has 9 aliphatic rings. The van der Waals surface area contributed by atoms with Gasteiger partial charge in [0.05, 0.1) is 10.8 Å². The fourth-order valence-corrected chi connectivity index (χ4v) is 13.3. The molecule has 0 spiro atoms. The van der Waals surface area contributed by atoms with E-state index in [9.17, 15) is 9.59 Å². The Labute approximate surface area is 212 Å². The van der Waals surface area contributed by atoms with E-state index in [4.69, 9.17) is 0 Å². The zero-order chi connectivity index (χ0) is 24.5. The van der Waals surface area contributed by atoms with Crippen molar-refractivity contribution in [1.82, 2.24) is 10.0 Å². The lowest BCUT2D eigenvalue weighted by molar-refractivity contribution is -0.207. The zero-order valence-corrected chi connectivity index (χ0v) is 22.9. The van der Waals surface area contributed by atoms with Crippen molar-refractivity contribution in [1.29, 1.82) is 0 Å². The largest absolute Gasteiger partial charge is 0.272 e. The Balaban J connectivity index is 1.22. The van der Waals surface area contributed by atoms with E-state index >= 15 is 0 Å². The molecule has 8 saturated carbocycles. The molecule has 4 unspecified atom stereocenters. The van der Waals surface area contributed by atoms with Gasteiger partial charge in [0.2, 0.25) is 11.8 Å². The zero-order valence-electron chi connectivity index (χ0n) is 22.9. The maximum Gasteiger partial charge on any atom is 0.247 e. The number of nitrogens with zero attached hydrogens (tertiary/aromatic N) is 2. The first-order valence-corrected chi connectivity index (χ1v) is 15.0. The summed E-state index contributed by atoms with van der Waals surface area (Å²) in [6, 6.07) is 0. The first-order valence-electron chi connectivity index (χ1n) is 15.0. The summed E-state index contributed by atoms with van der Waals surface area (Å²) in [7, 11) is 0. The Morgan fingerprint density at radius 2 is 0.857 bits per heavy atom. The van der Waals surface area contributed by atoms with Crippen LogP contribution in [0.5, 0.6) is 0 Å². The Morgan fingerprint density at radius 1 is 0.514 bits per heavy atom. The van der Waals surface area contributed by atoms with E-state index in [1.165, 1.54) is 38.5 Å². The van der Waals surface area contributed by atoms with Crippen LogP contribution in [0, 0.1) is 44.3 Å². The second kappa shape index (κ2) is 6.87. The smallest absolute Gasteiger partial charge is 0.247 e. The molecule has 1 saturated heterocycles. The standard InChI is InChI=1S/C31H48N2O2/c1-26-10-22-11-27(2,16-26)19-30(14-22,18-26)24(34)32-8-6-5-7-9-33(32)25(35)31-15-23-12-28(3,20-31)17-29(4,13-23)21-31/h22-23H,5-21H2,1-4H3. The van der Waals surface area contributed by atoms with E-state index in [2.05, 4.69) is 37.7 Å². The van der Waals surface area contributed by atoms with Gasteiger partial charge in [0.1, 0.15) is 0 Å². The van der Waals surface area contributed by atoms with Crippen LogP contribution < -0.4 is 0 Å². The molecule has 8 aliphatic carbocycles. The molecular formula is C31H48N2O2. The van der Waals surface area contributed by atoms with E-state index in [0.717, 1.165) is 70.9 Å². The third kappa shape index (κ3) is 3.36. The van der Waals surface area contributed by atoms with Crippen LogP contribution in [0.25, 0.3) is 0 Å². The van der Waals surface area contributed by atoms with E-state index in [0.29, 0.717) is 45.3 Å². The average molecular weight is 481 g/mol. The van der Waals surface area contributed by atoms with Crippen molar-refractivity contribution in [3.8, 4) is 0 Å². The number of hydrogen-bond donors (Lipinski definition) is 0. The average Bonchev–Trinajstić information content (AvgIpc) is 2.93. The predicted molar refractivity (Wildman–Crippen MR) is 137 cm³/mol. The summed E-state index contributed by atoms with van der Waals surface area (Å²) >= 11 is 0. The Morgan fingerprint density at radius 3 is 1.17 bits per heavy atom. The molecule has 1 aliphatic heterocycles. The van der Waals surface area contributed by atoms with Crippen LogP contribution in [0.4, 0.5) is 0 Å². The number of hydrogen-bond acceptors (Lipinski definition) is 2. The van der Waals surface area contributed by atoms with Crippen LogP contribution in [0.1, 0.15) is 124 Å². The Kier molecular flexibility index (Phi) is 4.53. The summed E-state index contributed by atoms with van der Waals surface area (Å²) < 4.78 is 0. The van der Waals surface area contributed by atoms with Crippen LogP contribution in [-0.4, -0.2) is 34.9 Å². The summed E-state index contributed by atoms with van der Waals surface area (Å²) in [5.74, 6) is 2.06. The fourth-order valence-electron chi connectivity index (χ4n) is 13.3. The molecule has 1 heterocycles. The molecule has 0 radical (unpaired) electrons. The third-order valence-corrected chi connectivity index (χ3v) is 12.2. The third-order valence-electron chi connectivity index (χ3n) is 12.2. The number of carbonyl (C=O) groups excluding carboxylic acids is 2. The molecule has 4 nitrogen and oxygen atoms in total. The first-order chi connectivity index (χ1) is 16.4. The SMILES string of the molecule is CC12CC3CC(C)(C1)CC(C(=O)N1CCCCCN1C(=O)C14CC5CC(C)(CC(C)(C5)C1)C4)(C3)C2.